The van der Waals surface area contributed by atoms with Gasteiger partial charge in [0.2, 0.25) is 0 Å². The van der Waals surface area contributed by atoms with Crippen molar-refractivity contribution in [3.05, 3.63) is 71.8 Å². The maximum Gasteiger partial charge on any atom is 0.343 e. The summed E-state index contributed by atoms with van der Waals surface area (Å²) in [4.78, 5) is 12.6. The minimum atomic E-state index is -0.464. The molecule has 0 fully saturated rings. The van der Waals surface area contributed by atoms with Crippen LogP contribution < -0.4 is 20.2 Å². The zero-order valence-electron chi connectivity index (χ0n) is 16.1. The van der Waals surface area contributed by atoms with Gasteiger partial charge >= 0.3 is 5.97 Å². The molecule has 0 aliphatic carbocycles. The zero-order chi connectivity index (χ0) is 20.6. The molecule has 0 saturated carbocycles. The average Bonchev–Trinajstić information content (AvgIpc) is 2.75. The predicted molar refractivity (Wildman–Crippen MR) is 119 cm³/mol. The van der Waals surface area contributed by atoms with E-state index in [-0.39, 0.29) is 0 Å². The van der Waals surface area contributed by atoms with Crippen molar-refractivity contribution in [3.8, 4) is 11.5 Å². The molecule has 0 aromatic heterocycles. The number of hydrazone groups is 1. The average molecular weight is 407 g/mol. The highest BCUT2D eigenvalue weighted by molar-refractivity contribution is 7.80. The van der Waals surface area contributed by atoms with Crippen LogP contribution in [-0.4, -0.2) is 31.0 Å². The van der Waals surface area contributed by atoms with Crippen LogP contribution >= 0.6 is 12.2 Å². The predicted octanol–water partition coefficient (Wildman–Crippen LogP) is 3.89. The van der Waals surface area contributed by atoms with E-state index in [0.29, 0.717) is 34.3 Å². The van der Waals surface area contributed by atoms with Crippen molar-refractivity contribution in [1.29, 1.82) is 0 Å². The second kappa shape index (κ2) is 9.66. The van der Waals surface area contributed by atoms with Crippen LogP contribution in [0.1, 0.15) is 22.8 Å². The largest absolute Gasteiger partial charge is 0.497 e. The topological polar surface area (TPSA) is 72.0 Å². The lowest BCUT2D eigenvalue weighted by Gasteiger charge is -2.11. The van der Waals surface area contributed by atoms with Gasteiger partial charge in [0, 0.05) is 12.1 Å². The molecule has 148 valence electrons. The Morgan fingerprint density at radius 1 is 1.10 bits per heavy atom. The van der Waals surface area contributed by atoms with E-state index in [1.165, 1.54) is 0 Å². The van der Waals surface area contributed by atoms with Crippen LogP contribution in [0.3, 0.4) is 0 Å². The number of esters is 1. The Hall–Kier alpha value is -3.45. The number of nitrogens with one attached hydrogen (secondary N) is 2. The summed E-state index contributed by atoms with van der Waals surface area (Å²) in [6, 6.07) is 18.2. The molecule has 3 rings (SSSR count). The molecular formula is C22H21N3O3S. The van der Waals surface area contributed by atoms with Crippen molar-refractivity contribution in [2.75, 3.05) is 13.7 Å². The molecule has 0 aliphatic rings. The first-order valence-electron chi connectivity index (χ1n) is 9.07. The first-order valence-corrected chi connectivity index (χ1v) is 9.48. The Bertz CT molecular complexity index is 1050. The van der Waals surface area contributed by atoms with Crippen LogP contribution in [-0.2, 0) is 0 Å². The number of thiocarbonyl (C=S) groups is 1. The molecule has 0 bridgehead atoms. The van der Waals surface area contributed by atoms with E-state index in [1.807, 2.05) is 37.3 Å². The summed E-state index contributed by atoms with van der Waals surface area (Å²) in [5.74, 6) is 0.612. The Balaban J connectivity index is 1.90. The molecule has 3 aromatic carbocycles. The van der Waals surface area contributed by atoms with E-state index in [9.17, 15) is 4.79 Å². The number of benzene rings is 3. The molecule has 0 radical (unpaired) electrons. The number of methoxy groups -OCH3 is 1. The lowest BCUT2D eigenvalue weighted by Crippen LogP contribution is -2.31. The SMILES string of the molecule is CCNC(=S)NN=Cc1c(OC(=O)c2ccc(OC)cc2)ccc2ccccc12. The molecule has 0 aliphatic heterocycles. The molecule has 29 heavy (non-hydrogen) atoms. The van der Waals surface area contributed by atoms with Gasteiger partial charge in [-0.1, -0.05) is 30.3 Å². The van der Waals surface area contributed by atoms with E-state index < -0.39 is 5.97 Å². The number of rotatable bonds is 6. The maximum absolute atomic E-state index is 12.6. The fraction of sp³-hybridized carbons (Fsp3) is 0.136. The van der Waals surface area contributed by atoms with Crippen molar-refractivity contribution in [2.24, 2.45) is 5.10 Å². The first-order chi connectivity index (χ1) is 14.1. The maximum atomic E-state index is 12.6. The van der Waals surface area contributed by atoms with Crippen molar-refractivity contribution in [3.63, 3.8) is 0 Å². The number of fused-ring (bicyclic) bond motifs is 1. The third kappa shape index (κ3) is 5.08. The van der Waals surface area contributed by atoms with Gasteiger partial charge < -0.3 is 14.8 Å². The summed E-state index contributed by atoms with van der Waals surface area (Å²) >= 11 is 5.12. The molecule has 6 nitrogen and oxygen atoms in total. The van der Waals surface area contributed by atoms with Crippen molar-refractivity contribution < 1.29 is 14.3 Å². The van der Waals surface area contributed by atoms with Crippen LogP contribution in [0.2, 0.25) is 0 Å². The second-order valence-corrected chi connectivity index (χ2v) is 6.45. The summed E-state index contributed by atoms with van der Waals surface area (Å²) in [6.07, 6.45) is 1.60. The molecule has 0 atom stereocenters. The van der Waals surface area contributed by atoms with E-state index in [2.05, 4.69) is 15.8 Å². The van der Waals surface area contributed by atoms with Crippen LogP contribution in [0.5, 0.6) is 11.5 Å². The quantitative estimate of drug-likeness (QED) is 0.212. The molecule has 0 saturated heterocycles. The highest BCUT2D eigenvalue weighted by atomic mass is 32.1. The van der Waals surface area contributed by atoms with Crippen LogP contribution in [0.4, 0.5) is 0 Å². The van der Waals surface area contributed by atoms with Gasteiger partial charge in [-0.05, 0) is 60.2 Å². The van der Waals surface area contributed by atoms with Crippen LogP contribution in [0, 0.1) is 0 Å². The highest BCUT2D eigenvalue weighted by Gasteiger charge is 2.13. The lowest BCUT2D eigenvalue weighted by atomic mass is 10.0. The number of carbonyl (C=O) groups excluding carboxylic acids is 1. The zero-order valence-corrected chi connectivity index (χ0v) is 17.0. The monoisotopic (exact) mass is 407 g/mol. The third-order valence-electron chi connectivity index (χ3n) is 4.16. The van der Waals surface area contributed by atoms with E-state index in [0.717, 1.165) is 10.8 Å². The number of nitrogens with zero attached hydrogens (tertiary/aromatic N) is 1. The van der Waals surface area contributed by atoms with E-state index in [1.54, 1.807) is 43.7 Å². The fourth-order valence-corrected chi connectivity index (χ4v) is 2.94. The normalized spacial score (nSPS) is 10.7. The van der Waals surface area contributed by atoms with Gasteiger partial charge in [0.1, 0.15) is 11.5 Å². The molecule has 7 heteroatoms. The van der Waals surface area contributed by atoms with Gasteiger partial charge in [-0.2, -0.15) is 5.10 Å². The lowest BCUT2D eigenvalue weighted by molar-refractivity contribution is 0.0734. The van der Waals surface area contributed by atoms with Crippen molar-refractivity contribution >= 4 is 40.3 Å². The molecule has 0 amide bonds. The van der Waals surface area contributed by atoms with Crippen LogP contribution in [0.15, 0.2) is 65.8 Å². The minimum Gasteiger partial charge on any atom is -0.497 e. The second-order valence-electron chi connectivity index (χ2n) is 6.05. The Kier molecular flexibility index (Phi) is 6.76. The smallest absolute Gasteiger partial charge is 0.343 e. The fourth-order valence-electron chi connectivity index (χ4n) is 2.74. The summed E-state index contributed by atoms with van der Waals surface area (Å²) < 4.78 is 10.8. The summed E-state index contributed by atoms with van der Waals surface area (Å²) in [6.45, 7) is 2.64. The van der Waals surface area contributed by atoms with Gasteiger partial charge in [-0.3, -0.25) is 5.43 Å². The van der Waals surface area contributed by atoms with Crippen molar-refractivity contribution in [1.82, 2.24) is 10.7 Å². The molecule has 0 unspecified atom stereocenters. The van der Waals surface area contributed by atoms with Gasteiger partial charge in [0.25, 0.3) is 0 Å². The Morgan fingerprint density at radius 3 is 2.59 bits per heavy atom. The third-order valence-corrected chi connectivity index (χ3v) is 4.39. The first kappa shape index (κ1) is 20.3. The van der Waals surface area contributed by atoms with Gasteiger partial charge in [0.15, 0.2) is 5.11 Å². The standard InChI is InChI=1S/C22H21N3O3S/c1-3-23-22(29)25-24-14-19-18-7-5-4-6-15(18)10-13-20(19)28-21(26)16-8-11-17(27-2)12-9-16/h4-14H,3H2,1-2H3,(H2,23,25,29). The number of ether oxygens (including phenoxy) is 2. The molecule has 3 aromatic rings. The van der Waals surface area contributed by atoms with Gasteiger partial charge in [-0.15, -0.1) is 0 Å². The Labute approximate surface area is 174 Å². The highest BCUT2D eigenvalue weighted by Crippen LogP contribution is 2.27. The molecular weight excluding hydrogens is 386 g/mol. The summed E-state index contributed by atoms with van der Waals surface area (Å²) in [7, 11) is 1.57. The van der Waals surface area contributed by atoms with Gasteiger partial charge in [-0.25, -0.2) is 4.79 Å². The van der Waals surface area contributed by atoms with Crippen molar-refractivity contribution in [2.45, 2.75) is 6.92 Å². The molecule has 2 N–H and O–H groups in total. The number of hydrogen-bond acceptors (Lipinski definition) is 5. The summed E-state index contributed by atoms with van der Waals surface area (Å²) in [5.41, 5.74) is 3.86. The number of carbonyl (C=O) groups is 1. The van der Waals surface area contributed by atoms with Gasteiger partial charge in [0.05, 0.1) is 18.9 Å². The molecule has 0 spiro atoms. The molecule has 0 heterocycles. The van der Waals surface area contributed by atoms with Crippen LogP contribution in [0.25, 0.3) is 10.8 Å². The van der Waals surface area contributed by atoms with E-state index >= 15 is 0 Å². The van der Waals surface area contributed by atoms with E-state index in [4.69, 9.17) is 21.7 Å². The Morgan fingerprint density at radius 2 is 1.86 bits per heavy atom. The number of hydrogen-bond donors (Lipinski definition) is 2. The minimum absolute atomic E-state index is 0.407. The summed E-state index contributed by atoms with van der Waals surface area (Å²) in [5, 5.41) is 9.48.